The lowest BCUT2D eigenvalue weighted by Gasteiger charge is -2.19. The summed E-state index contributed by atoms with van der Waals surface area (Å²) in [6.07, 6.45) is 0. The van der Waals surface area contributed by atoms with Crippen LogP contribution in [0.25, 0.3) is 10.8 Å². The number of nitrogens with zero attached hydrogens (tertiary/aromatic N) is 5. The van der Waals surface area contributed by atoms with Crippen LogP contribution in [0.1, 0.15) is 33.0 Å². The number of carbonyl (C=O) groups excluding carboxylic acids is 1. The van der Waals surface area contributed by atoms with Gasteiger partial charge in [-0.05, 0) is 38.6 Å². The molecule has 0 saturated carbocycles. The van der Waals surface area contributed by atoms with Gasteiger partial charge in [0, 0.05) is 35.3 Å². The summed E-state index contributed by atoms with van der Waals surface area (Å²) in [5.74, 6) is -0.333. The summed E-state index contributed by atoms with van der Waals surface area (Å²) in [5, 5.41) is 13.4. The fraction of sp³-hybridized carbons (Fsp3) is 0.280. The van der Waals surface area contributed by atoms with Gasteiger partial charge in [0.15, 0.2) is 5.69 Å². The van der Waals surface area contributed by atoms with Crippen LogP contribution in [-0.2, 0) is 19.8 Å². The lowest BCUT2D eigenvalue weighted by atomic mass is 10.1. The molecular weight excluding hydrogens is 452 g/mol. The van der Waals surface area contributed by atoms with E-state index in [0.29, 0.717) is 28.9 Å². The molecule has 4 rings (SSSR count). The molecule has 2 heterocycles. The van der Waals surface area contributed by atoms with E-state index >= 15 is 0 Å². The molecule has 0 atom stereocenters. The summed E-state index contributed by atoms with van der Waals surface area (Å²) in [7, 11) is 3.46. The monoisotopic (exact) mass is 478 g/mol. The summed E-state index contributed by atoms with van der Waals surface area (Å²) in [4.78, 5) is 27.5. The first-order valence-corrected chi connectivity index (χ1v) is 11.3. The Hall–Kier alpha value is -3.49. The van der Waals surface area contributed by atoms with Gasteiger partial charge < -0.3 is 5.32 Å². The number of aryl methyl sites for hydroxylation is 1. The first-order valence-electron chi connectivity index (χ1n) is 11.0. The van der Waals surface area contributed by atoms with Crippen molar-refractivity contribution in [2.45, 2.75) is 33.6 Å². The van der Waals surface area contributed by atoms with E-state index in [-0.39, 0.29) is 23.8 Å². The predicted molar refractivity (Wildman–Crippen MR) is 133 cm³/mol. The maximum absolute atomic E-state index is 13.1. The van der Waals surface area contributed by atoms with Crippen LogP contribution in [0, 0.1) is 13.8 Å². The molecule has 0 unspecified atom stereocenters. The highest BCUT2D eigenvalue weighted by molar-refractivity contribution is 6.31. The first-order chi connectivity index (χ1) is 16.3. The molecule has 0 saturated heterocycles. The van der Waals surface area contributed by atoms with E-state index in [2.05, 4.69) is 10.4 Å². The van der Waals surface area contributed by atoms with E-state index < -0.39 is 0 Å². The van der Waals surface area contributed by atoms with Crippen molar-refractivity contribution in [1.29, 1.82) is 0 Å². The maximum atomic E-state index is 13.1. The first kappa shape index (κ1) is 23.7. The molecule has 4 aromatic rings. The van der Waals surface area contributed by atoms with Gasteiger partial charge in [-0.3, -0.25) is 19.2 Å². The van der Waals surface area contributed by atoms with Gasteiger partial charge in [0.2, 0.25) is 0 Å². The molecule has 0 fully saturated rings. The second-order valence-corrected chi connectivity index (χ2v) is 8.74. The molecule has 0 aliphatic carbocycles. The Labute approximate surface area is 202 Å². The summed E-state index contributed by atoms with van der Waals surface area (Å²) < 4.78 is 3.29. The molecule has 2 aromatic carbocycles. The third-order valence-electron chi connectivity index (χ3n) is 5.92. The molecular formula is C25H27ClN6O2. The summed E-state index contributed by atoms with van der Waals surface area (Å²) in [6.45, 7) is 5.38. The van der Waals surface area contributed by atoms with Gasteiger partial charge in [-0.2, -0.15) is 10.2 Å². The van der Waals surface area contributed by atoms with E-state index in [0.717, 1.165) is 22.5 Å². The molecule has 0 aliphatic rings. The molecule has 0 aliphatic heterocycles. The predicted octanol–water partition coefficient (Wildman–Crippen LogP) is 3.36. The smallest absolute Gasteiger partial charge is 0.275 e. The lowest BCUT2D eigenvalue weighted by molar-refractivity contribution is 0.0956. The molecule has 1 N–H and O–H groups in total. The fourth-order valence-corrected chi connectivity index (χ4v) is 4.27. The third kappa shape index (κ3) is 4.60. The molecule has 176 valence electrons. The van der Waals surface area contributed by atoms with Crippen LogP contribution in [-0.4, -0.2) is 44.5 Å². The number of hydrogen-bond donors (Lipinski definition) is 1. The number of hydrogen-bond acceptors (Lipinski definition) is 5. The summed E-state index contributed by atoms with van der Waals surface area (Å²) >= 11 is 6.33. The number of amides is 1. The number of rotatable bonds is 7. The number of benzene rings is 2. The van der Waals surface area contributed by atoms with Crippen LogP contribution in [0.15, 0.2) is 53.3 Å². The zero-order valence-corrected chi connectivity index (χ0v) is 20.4. The summed E-state index contributed by atoms with van der Waals surface area (Å²) in [5.41, 5.74) is 4.03. The van der Waals surface area contributed by atoms with Crippen LogP contribution < -0.4 is 10.9 Å². The van der Waals surface area contributed by atoms with E-state index in [1.165, 1.54) is 4.68 Å². The van der Waals surface area contributed by atoms with Crippen LogP contribution >= 0.6 is 11.6 Å². The Morgan fingerprint density at radius 2 is 1.71 bits per heavy atom. The molecule has 34 heavy (non-hydrogen) atoms. The fourth-order valence-electron chi connectivity index (χ4n) is 4.07. The minimum atomic E-state index is -0.333. The van der Waals surface area contributed by atoms with E-state index in [1.807, 2.05) is 54.7 Å². The highest BCUT2D eigenvalue weighted by Crippen LogP contribution is 2.20. The van der Waals surface area contributed by atoms with Gasteiger partial charge in [0.25, 0.3) is 11.5 Å². The van der Waals surface area contributed by atoms with Crippen molar-refractivity contribution in [3.05, 3.63) is 92.1 Å². The number of carbonyl (C=O) groups is 1. The second kappa shape index (κ2) is 9.79. The Morgan fingerprint density at radius 1 is 1.03 bits per heavy atom. The van der Waals surface area contributed by atoms with Gasteiger partial charge in [0.1, 0.15) is 0 Å². The van der Waals surface area contributed by atoms with Gasteiger partial charge in [-0.25, -0.2) is 4.68 Å². The Kier molecular flexibility index (Phi) is 6.81. The normalized spacial score (nSPS) is 11.4. The minimum Gasteiger partial charge on any atom is -0.354 e. The SMILES string of the molecule is CNC(=O)c1nn(CN(C)Cc2c(C)nn(Cc3ccccc3Cl)c2C)c(=O)c2ccccc12. The highest BCUT2D eigenvalue weighted by Gasteiger charge is 2.18. The Morgan fingerprint density at radius 3 is 2.41 bits per heavy atom. The van der Waals surface area contributed by atoms with Crippen LogP contribution in [0.5, 0.6) is 0 Å². The number of halogens is 1. The average Bonchev–Trinajstić information content (AvgIpc) is 3.09. The molecule has 2 aromatic heterocycles. The third-order valence-corrected chi connectivity index (χ3v) is 6.29. The Balaban J connectivity index is 1.60. The highest BCUT2D eigenvalue weighted by atomic mass is 35.5. The zero-order valence-electron chi connectivity index (χ0n) is 19.7. The topological polar surface area (TPSA) is 85.1 Å². The number of aromatic nitrogens is 4. The van der Waals surface area contributed by atoms with Gasteiger partial charge in [0.05, 0.1) is 24.3 Å². The van der Waals surface area contributed by atoms with Crippen molar-refractivity contribution in [3.63, 3.8) is 0 Å². The van der Waals surface area contributed by atoms with Crippen molar-refractivity contribution < 1.29 is 4.79 Å². The zero-order chi connectivity index (χ0) is 24.4. The maximum Gasteiger partial charge on any atom is 0.275 e. The average molecular weight is 479 g/mol. The van der Waals surface area contributed by atoms with Gasteiger partial charge in [-0.1, -0.05) is 48.0 Å². The van der Waals surface area contributed by atoms with Gasteiger partial charge in [-0.15, -0.1) is 0 Å². The largest absolute Gasteiger partial charge is 0.354 e. The molecule has 8 nitrogen and oxygen atoms in total. The van der Waals surface area contributed by atoms with Crippen molar-refractivity contribution in [2.75, 3.05) is 14.1 Å². The second-order valence-electron chi connectivity index (χ2n) is 8.33. The summed E-state index contributed by atoms with van der Waals surface area (Å²) in [6, 6.07) is 14.8. The molecule has 0 spiro atoms. The van der Waals surface area contributed by atoms with E-state index in [1.54, 1.807) is 31.3 Å². The minimum absolute atomic E-state index is 0.224. The quantitative estimate of drug-likeness (QED) is 0.440. The van der Waals surface area contributed by atoms with Crippen molar-refractivity contribution >= 4 is 28.3 Å². The number of nitrogens with one attached hydrogen (secondary N) is 1. The molecule has 0 radical (unpaired) electrons. The van der Waals surface area contributed by atoms with Crippen LogP contribution in [0.2, 0.25) is 5.02 Å². The van der Waals surface area contributed by atoms with Gasteiger partial charge >= 0.3 is 0 Å². The Bertz CT molecular complexity index is 1420. The molecule has 1 amide bonds. The van der Waals surface area contributed by atoms with Crippen molar-refractivity contribution in [3.8, 4) is 0 Å². The lowest BCUT2D eigenvalue weighted by Crippen LogP contribution is -2.34. The van der Waals surface area contributed by atoms with Crippen LogP contribution in [0.4, 0.5) is 0 Å². The number of fused-ring (bicyclic) bond motifs is 1. The van der Waals surface area contributed by atoms with E-state index in [9.17, 15) is 9.59 Å². The van der Waals surface area contributed by atoms with Crippen molar-refractivity contribution in [1.82, 2.24) is 29.8 Å². The molecule has 9 heteroatoms. The van der Waals surface area contributed by atoms with E-state index in [4.69, 9.17) is 16.7 Å². The van der Waals surface area contributed by atoms with Crippen LogP contribution in [0.3, 0.4) is 0 Å². The molecule has 0 bridgehead atoms. The van der Waals surface area contributed by atoms with Crippen molar-refractivity contribution in [2.24, 2.45) is 0 Å². The standard InChI is InChI=1S/C25H27ClN6O2/c1-16-21(17(2)31(28-16)13-18-9-5-8-12-22(18)26)14-30(4)15-32-25(34)20-11-7-6-10-19(20)23(29-32)24(33)27-3/h5-12H,13-15H2,1-4H3,(H,27,33).